The van der Waals surface area contributed by atoms with Gasteiger partial charge in [0.15, 0.2) is 0 Å². The Labute approximate surface area is 220 Å². The molecule has 1 amide bonds. The number of benzene rings is 4. The van der Waals surface area contributed by atoms with Crippen molar-refractivity contribution in [3.8, 4) is 11.1 Å². The Bertz CT molecular complexity index is 1430. The number of nitrogens with two attached hydrogens (primary N) is 1. The van der Waals surface area contributed by atoms with Crippen LogP contribution in [0.1, 0.15) is 22.6 Å². The minimum Gasteiger partial charge on any atom is -0.480 e. The smallest absolute Gasteiger partial charge is 0.421 e. The maximum atomic E-state index is 12.7. The van der Waals surface area contributed by atoms with Crippen LogP contribution in [0, 0.1) is 0 Å². The van der Waals surface area contributed by atoms with Crippen molar-refractivity contribution in [1.29, 1.82) is 0 Å². The number of hydrogen-bond acceptors (Lipinski definition) is 6. The van der Waals surface area contributed by atoms with Crippen molar-refractivity contribution in [3.63, 3.8) is 0 Å². The third-order valence-corrected chi connectivity index (χ3v) is 6.87. The highest BCUT2D eigenvalue weighted by atomic mass is 16.6. The lowest BCUT2D eigenvalue weighted by molar-refractivity contribution is -0.144. The third-order valence-electron chi connectivity index (χ3n) is 6.87. The van der Waals surface area contributed by atoms with Gasteiger partial charge in [-0.2, -0.15) is 5.01 Å². The van der Waals surface area contributed by atoms with Gasteiger partial charge in [-0.25, -0.2) is 4.79 Å². The van der Waals surface area contributed by atoms with Gasteiger partial charge in [-0.3, -0.25) is 10.2 Å². The Kier molecular flexibility index (Phi) is 7.37. The maximum Gasteiger partial charge on any atom is 0.421 e. The largest absolute Gasteiger partial charge is 0.480 e. The minimum atomic E-state index is -1.46. The van der Waals surface area contributed by atoms with Gasteiger partial charge in [-0.1, -0.05) is 91.0 Å². The molecule has 0 radical (unpaired) electrons. The van der Waals surface area contributed by atoms with Gasteiger partial charge < -0.3 is 20.7 Å². The van der Waals surface area contributed by atoms with Crippen molar-refractivity contribution in [3.05, 3.63) is 108 Å². The molecule has 38 heavy (non-hydrogen) atoms. The van der Waals surface area contributed by atoms with Gasteiger partial charge in [0.25, 0.3) is 0 Å². The Morgan fingerprint density at radius 1 is 0.895 bits per heavy atom. The molecule has 1 unspecified atom stereocenters. The first-order chi connectivity index (χ1) is 18.4. The van der Waals surface area contributed by atoms with Gasteiger partial charge in [0.2, 0.25) is 0 Å². The van der Waals surface area contributed by atoms with E-state index in [1.165, 1.54) is 0 Å². The number of nitrogens with one attached hydrogen (secondary N) is 1. The highest BCUT2D eigenvalue weighted by Gasteiger charge is 2.30. The molecule has 1 aliphatic carbocycles. The zero-order valence-electron chi connectivity index (χ0n) is 20.7. The number of ether oxygens (including phenoxy) is 1. The van der Waals surface area contributed by atoms with Crippen LogP contribution in [0.2, 0.25) is 0 Å². The summed E-state index contributed by atoms with van der Waals surface area (Å²) >= 11 is 0. The van der Waals surface area contributed by atoms with E-state index in [1.54, 1.807) is 0 Å². The standard InChI is InChI=1S/C30H29N3O5/c31-27(16-19-13-14-20-7-1-2-8-21(20)15-19)29(36)33(17-28(34)35)32-30(37)38-18-26-24-11-5-3-9-22(24)23-10-4-6-12-25(23)26/h1-15,26-27,29,36H,16-18,31H2,(H,32,37)(H,34,35)/t27-,29?/m0/s1. The number of hydrazine groups is 1. The summed E-state index contributed by atoms with van der Waals surface area (Å²) in [6, 6.07) is 28.8. The lowest BCUT2D eigenvalue weighted by Gasteiger charge is -2.30. The predicted molar refractivity (Wildman–Crippen MR) is 144 cm³/mol. The fourth-order valence-electron chi connectivity index (χ4n) is 5.07. The molecule has 5 rings (SSSR count). The molecule has 0 saturated carbocycles. The van der Waals surface area contributed by atoms with Crippen LogP contribution in [-0.4, -0.2) is 52.7 Å². The second-order valence-corrected chi connectivity index (χ2v) is 9.42. The summed E-state index contributed by atoms with van der Waals surface area (Å²) in [5.74, 6) is -1.39. The Balaban J connectivity index is 1.24. The molecule has 0 heterocycles. The summed E-state index contributed by atoms with van der Waals surface area (Å²) in [6.07, 6.45) is -2.06. The van der Waals surface area contributed by atoms with Crippen LogP contribution < -0.4 is 11.2 Å². The highest BCUT2D eigenvalue weighted by molar-refractivity contribution is 5.83. The van der Waals surface area contributed by atoms with E-state index in [1.807, 2.05) is 91.0 Å². The van der Waals surface area contributed by atoms with Crippen LogP contribution in [0.25, 0.3) is 21.9 Å². The second-order valence-electron chi connectivity index (χ2n) is 9.42. The van der Waals surface area contributed by atoms with Gasteiger partial charge in [0, 0.05) is 12.0 Å². The van der Waals surface area contributed by atoms with Gasteiger partial charge in [-0.05, 0) is 45.0 Å². The molecular formula is C30H29N3O5. The molecule has 4 aromatic rings. The van der Waals surface area contributed by atoms with E-state index in [0.717, 1.165) is 43.6 Å². The molecule has 0 bridgehead atoms. The Morgan fingerprint density at radius 2 is 1.50 bits per heavy atom. The fourth-order valence-corrected chi connectivity index (χ4v) is 5.07. The van der Waals surface area contributed by atoms with E-state index in [4.69, 9.17) is 10.5 Å². The molecule has 0 aromatic heterocycles. The summed E-state index contributed by atoms with van der Waals surface area (Å²) in [6.45, 7) is -0.600. The molecule has 0 spiro atoms. The molecule has 8 heteroatoms. The van der Waals surface area contributed by atoms with Gasteiger partial charge in [-0.15, -0.1) is 0 Å². The van der Waals surface area contributed by atoms with Crippen LogP contribution in [-0.2, 0) is 16.0 Å². The maximum absolute atomic E-state index is 12.7. The first-order valence-corrected chi connectivity index (χ1v) is 12.4. The van der Waals surface area contributed by atoms with Gasteiger partial charge >= 0.3 is 12.1 Å². The number of carboxylic acid groups (broad SMARTS) is 1. The summed E-state index contributed by atoms with van der Waals surface area (Å²) in [5, 5.41) is 23.2. The summed E-state index contributed by atoms with van der Waals surface area (Å²) in [5.41, 5.74) is 13.8. The number of aliphatic hydroxyl groups excluding tert-OH is 1. The molecule has 8 nitrogen and oxygen atoms in total. The number of amides is 1. The molecule has 1 aliphatic rings. The Hall–Kier alpha value is -4.24. The number of rotatable bonds is 9. The lowest BCUT2D eigenvalue weighted by atomic mass is 9.98. The monoisotopic (exact) mass is 511 g/mol. The fraction of sp³-hybridized carbons (Fsp3) is 0.200. The van der Waals surface area contributed by atoms with Gasteiger partial charge in [0.05, 0.1) is 0 Å². The zero-order valence-corrected chi connectivity index (χ0v) is 20.7. The van der Waals surface area contributed by atoms with Crippen LogP contribution in [0.3, 0.4) is 0 Å². The quantitative estimate of drug-likeness (QED) is 0.199. The van der Waals surface area contributed by atoms with E-state index >= 15 is 0 Å². The lowest BCUT2D eigenvalue weighted by Crippen LogP contribution is -2.57. The number of carbonyl (C=O) groups excluding carboxylic acids is 1. The van der Waals surface area contributed by atoms with E-state index in [-0.39, 0.29) is 18.9 Å². The summed E-state index contributed by atoms with van der Waals surface area (Å²) in [7, 11) is 0. The topological polar surface area (TPSA) is 125 Å². The number of aliphatic hydroxyl groups is 1. The highest BCUT2D eigenvalue weighted by Crippen LogP contribution is 2.44. The SMILES string of the molecule is N[C@@H](Cc1ccc2ccccc2c1)C(O)N(CC(=O)O)NC(=O)OCC1c2ccccc2-c2ccccc21. The molecule has 5 N–H and O–H groups in total. The number of hydrogen-bond donors (Lipinski definition) is 4. The summed E-state index contributed by atoms with van der Waals surface area (Å²) < 4.78 is 5.51. The average molecular weight is 512 g/mol. The molecule has 0 fully saturated rings. The zero-order chi connectivity index (χ0) is 26.6. The number of fused-ring (bicyclic) bond motifs is 4. The normalized spacial score (nSPS) is 14.1. The third kappa shape index (κ3) is 5.38. The minimum absolute atomic E-state index is 0.0556. The van der Waals surface area contributed by atoms with Crippen molar-refractivity contribution < 1.29 is 24.5 Å². The number of aliphatic carboxylic acids is 1. The van der Waals surface area contributed by atoms with E-state index < -0.39 is 30.9 Å². The van der Waals surface area contributed by atoms with Gasteiger partial charge in [0.1, 0.15) is 19.4 Å². The first-order valence-electron chi connectivity index (χ1n) is 12.4. The van der Waals surface area contributed by atoms with E-state index in [2.05, 4.69) is 5.43 Å². The number of carbonyl (C=O) groups is 2. The van der Waals surface area contributed by atoms with Crippen molar-refractivity contribution in [2.75, 3.05) is 13.2 Å². The molecule has 0 aliphatic heterocycles. The first kappa shape index (κ1) is 25.4. The average Bonchev–Trinajstić information content (AvgIpc) is 3.24. The van der Waals surface area contributed by atoms with Crippen molar-refractivity contribution in [1.82, 2.24) is 10.4 Å². The summed E-state index contributed by atoms with van der Waals surface area (Å²) in [4.78, 5) is 24.2. The second kappa shape index (κ2) is 11.0. The molecule has 194 valence electrons. The number of nitrogens with zero attached hydrogens (tertiary/aromatic N) is 1. The van der Waals surface area contributed by atoms with Crippen molar-refractivity contribution >= 4 is 22.8 Å². The van der Waals surface area contributed by atoms with Crippen LogP contribution >= 0.6 is 0 Å². The van der Waals surface area contributed by atoms with E-state index in [0.29, 0.717) is 0 Å². The molecule has 0 saturated heterocycles. The molecule has 2 atom stereocenters. The van der Waals surface area contributed by atoms with Crippen LogP contribution in [0.15, 0.2) is 91.0 Å². The van der Waals surface area contributed by atoms with Crippen LogP contribution in [0.4, 0.5) is 4.79 Å². The van der Waals surface area contributed by atoms with Crippen molar-refractivity contribution in [2.45, 2.75) is 24.6 Å². The molecular weight excluding hydrogens is 482 g/mol. The number of carboxylic acids is 1. The molecule has 4 aromatic carbocycles. The van der Waals surface area contributed by atoms with Crippen molar-refractivity contribution in [2.24, 2.45) is 5.73 Å². The van der Waals surface area contributed by atoms with E-state index in [9.17, 15) is 19.8 Å². The predicted octanol–water partition coefficient (Wildman–Crippen LogP) is 3.87. The van der Waals surface area contributed by atoms with Crippen LogP contribution in [0.5, 0.6) is 0 Å². The Morgan fingerprint density at radius 3 is 2.16 bits per heavy atom.